The van der Waals surface area contributed by atoms with E-state index in [2.05, 4.69) is 96.2 Å². The number of fused-ring (bicyclic) bond motifs is 8. The molecule has 1 aliphatic heterocycles. The lowest BCUT2D eigenvalue weighted by Crippen LogP contribution is -2.07. The summed E-state index contributed by atoms with van der Waals surface area (Å²) in [6, 6.07) is 18.3. The molecule has 0 saturated carbocycles. The summed E-state index contributed by atoms with van der Waals surface area (Å²) in [4.78, 5) is 15.2. The second kappa shape index (κ2) is 8.57. The molecular formula is C28H36N4. The molecule has 4 heteroatoms. The molecule has 4 N–H and O–H groups in total. The molecule has 0 fully saturated rings. The quantitative estimate of drug-likeness (QED) is 0.260. The smallest absolute Gasteiger partial charge is 0.0389 e. The zero-order valence-electron chi connectivity index (χ0n) is 19.8. The van der Waals surface area contributed by atoms with Crippen LogP contribution in [0.25, 0.3) is 0 Å². The molecule has 0 atom stereocenters. The van der Waals surface area contributed by atoms with E-state index >= 15 is 0 Å². The Kier molecular flexibility index (Phi) is 5.62. The molecule has 4 nitrogen and oxygen atoms in total. The number of nitrogens with one attached hydrogen (secondary N) is 4. The number of hydrogen-bond donors (Lipinski definition) is 4. The van der Waals surface area contributed by atoms with Gasteiger partial charge in [-0.25, -0.2) is 0 Å². The van der Waals surface area contributed by atoms with Crippen molar-refractivity contribution >= 4 is 0 Å². The number of aromatic nitrogens is 4. The Hall–Kier alpha value is -2.88. The molecule has 0 aromatic carbocycles. The van der Waals surface area contributed by atoms with Crippen LogP contribution in [0.4, 0.5) is 0 Å². The summed E-state index contributed by atoms with van der Waals surface area (Å²) in [6.45, 7) is 9.10. The zero-order chi connectivity index (χ0) is 22.2. The van der Waals surface area contributed by atoms with E-state index in [1.807, 2.05) is 0 Å². The van der Waals surface area contributed by atoms with Gasteiger partial charge in [-0.3, -0.25) is 0 Å². The van der Waals surface area contributed by atoms with Crippen LogP contribution in [0.3, 0.4) is 0 Å². The molecule has 0 radical (unpaired) electrons. The molecule has 0 amide bonds. The molecule has 32 heavy (non-hydrogen) atoms. The van der Waals surface area contributed by atoms with Gasteiger partial charge in [-0.1, -0.05) is 27.7 Å². The lowest BCUT2D eigenvalue weighted by molar-refractivity contribution is 0.675. The van der Waals surface area contributed by atoms with E-state index in [4.69, 9.17) is 0 Å². The molecule has 8 bridgehead atoms. The molecule has 168 valence electrons. The van der Waals surface area contributed by atoms with Crippen LogP contribution in [0.15, 0.2) is 48.5 Å². The first-order valence-corrected chi connectivity index (χ1v) is 12.4. The molecule has 4 aromatic rings. The Morgan fingerprint density at radius 1 is 0.375 bits per heavy atom. The van der Waals surface area contributed by atoms with Crippen molar-refractivity contribution in [1.82, 2.24) is 19.9 Å². The van der Waals surface area contributed by atoms with Crippen LogP contribution in [-0.4, -0.2) is 19.9 Å². The van der Waals surface area contributed by atoms with Crippen LogP contribution in [0.2, 0.25) is 0 Å². The van der Waals surface area contributed by atoms with Gasteiger partial charge in [0.2, 0.25) is 0 Å². The fraction of sp³-hybridized carbons (Fsp3) is 0.429. The number of aromatic amines is 4. The van der Waals surface area contributed by atoms with Gasteiger partial charge in [0.1, 0.15) is 0 Å². The van der Waals surface area contributed by atoms with Crippen molar-refractivity contribution in [1.29, 1.82) is 0 Å². The molecule has 0 unspecified atom stereocenters. The standard InChI is InChI=1S/C28H36N4/c1-5-17-21-9-11-23(29-21)18(6-2)25-13-15-27(31-25)20(8-4)28-16-14-26(32-28)19(7-3)24-12-10-22(17)30-24/h9-20,29-32H,5-8H2,1-4H3. The van der Waals surface area contributed by atoms with Crippen molar-refractivity contribution in [2.75, 3.05) is 0 Å². The fourth-order valence-corrected chi connectivity index (χ4v) is 5.77. The van der Waals surface area contributed by atoms with Crippen LogP contribution in [-0.2, 0) is 0 Å². The number of rotatable bonds is 4. The monoisotopic (exact) mass is 428 g/mol. The Balaban J connectivity index is 1.68. The highest BCUT2D eigenvalue weighted by atomic mass is 14.8. The summed E-state index contributed by atoms with van der Waals surface area (Å²) < 4.78 is 0. The third-order valence-electron chi connectivity index (χ3n) is 7.56. The maximum atomic E-state index is 3.80. The van der Waals surface area contributed by atoms with Gasteiger partial charge in [-0.15, -0.1) is 0 Å². The summed E-state index contributed by atoms with van der Waals surface area (Å²) in [5.74, 6) is 1.40. The number of H-pyrrole nitrogens is 4. The summed E-state index contributed by atoms with van der Waals surface area (Å²) >= 11 is 0. The predicted octanol–water partition coefficient (Wildman–Crippen LogP) is 7.48. The van der Waals surface area contributed by atoms with Gasteiger partial charge in [0.05, 0.1) is 0 Å². The second-order valence-electron chi connectivity index (χ2n) is 9.32. The van der Waals surface area contributed by atoms with Crippen LogP contribution >= 0.6 is 0 Å². The predicted molar refractivity (Wildman–Crippen MR) is 132 cm³/mol. The lowest BCUT2D eigenvalue weighted by atomic mass is 9.99. The van der Waals surface area contributed by atoms with Crippen molar-refractivity contribution in [3.8, 4) is 0 Å². The summed E-state index contributed by atoms with van der Waals surface area (Å²) in [5.41, 5.74) is 10.4. The van der Waals surface area contributed by atoms with Gasteiger partial charge in [-0.05, 0) is 74.2 Å². The SMILES string of the molecule is CCC1c2ccc([nH]2)C(CC)c2ccc([nH]2)C(CC)c2ccc([nH]2)C(CC)c2ccc1[nH]2. The normalized spacial score (nSPS) is 22.9. The Bertz CT molecular complexity index is 911. The highest BCUT2D eigenvalue weighted by Gasteiger charge is 2.25. The zero-order valence-corrected chi connectivity index (χ0v) is 19.8. The van der Waals surface area contributed by atoms with E-state index in [9.17, 15) is 0 Å². The van der Waals surface area contributed by atoms with Crippen molar-refractivity contribution < 1.29 is 0 Å². The Morgan fingerprint density at radius 3 is 0.656 bits per heavy atom. The first-order chi connectivity index (χ1) is 15.7. The highest BCUT2D eigenvalue weighted by molar-refractivity contribution is 5.37. The van der Waals surface area contributed by atoms with E-state index < -0.39 is 0 Å². The van der Waals surface area contributed by atoms with E-state index in [1.165, 1.54) is 45.6 Å². The Labute approximate surface area is 191 Å². The van der Waals surface area contributed by atoms with Crippen molar-refractivity contribution in [3.05, 3.63) is 94.1 Å². The lowest BCUT2D eigenvalue weighted by Gasteiger charge is -2.17. The van der Waals surface area contributed by atoms with Crippen LogP contribution in [0, 0.1) is 0 Å². The van der Waals surface area contributed by atoms with Crippen LogP contribution < -0.4 is 0 Å². The van der Waals surface area contributed by atoms with Gasteiger partial charge >= 0.3 is 0 Å². The minimum atomic E-state index is 0.350. The van der Waals surface area contributed by atoms with Crippen molar-refractivity contribution in [2.24, 2.45) is 0 Å². The average molecular weight is 429 g/mol. The van der Waals surface area contributed by atoms with Crippen molar-refractivity contribution in [2.45, 2.75) is 77.0 Å². The molecule has 0 aliphatic carbocycles. The van der Waals surface area contributed by atoms with Gasteiger partial charge in [0.25, 0.3) is 0 Å². The van der Waals surface area contributed by atoms with Gasteiger partial charge in [0, 0.05) is 69.2 Å². The minimum absolute atomic E-state index is 0.350. The average Bonchev–Trinajstić information content (AvgIpc) is 3.59. The van der Waals surface area contributed by atoms with E-state index in [0.717, 1.165) is 25.7 Å². The van der Waals surface area contributed by atoms with E-state index in [1.54, 1.807) is 0 Å². The summed E-state index contributed by atoms with van der Waals surface area (Å²) in [6.07, 6.45) is 4.24. The summed E-state index contributed by atoms with van der Waals surface area (Å²) in [5, 5.41) is 0. The van der Waals surface area contributed by atoms with Crippen molar-refractivity contribution in [3.63, 3.8) is 0 Å². The molecule has 1 aliphatic rings. The second-order valence-corrected chi connectivity index (χ2v) is 9.32. The first kappa shape index (κ1) is 21.0. The van der Waals surface area contributed by atoms with E-state index in [-0.39, 0.29) is 0 Å². The third-order valence-corrected chi connectivity index (χ3v) is 7.56. The van der Waals surface area contributed by atoms with Gasteiger partial charge in [0.15, 0.2) is 0 Å². The molecule has 0 saturated heterocycles. The molecule has 5 heterocycles. The third kappa shape index (κ3) is 3.46. The van der Waals surface area contributed by atoms with Crippen LogP contribution in [0.5, 0.6) is 0 Å². The summed E-state index contributed by atoms with van der Waals surface area (Å²) in [7, 11) is 0. The van der Waals surface area contributed by atoms with Gasteiger partial charge in [-0.2, -0.15) is 0 Å². The molecule has 0 spiro atoms. The number of hydrogen-bond acceptors (Lipinski definition) is 0. The van der Waals surface area contributed by atoms with Crippen LogP contribution in [0.1, 0.15) is 123 Å². The topological polar surface area (TPSA) is 63.2 Å². The molecule has 5 rings (SSSR count). The first-order valence-electron chi connectivity index (χ1n) is 12.4. The Morgan fingerprint density at radius 2 is 0.531 bits per heavy atom. The molecule has 4 aromatic heterocycles. The highest BCUT2D eigenvalue weighted by Crippen LogP contribution is 2.36. The maximum Gasteiger partial charge on any atom is 0.0389 e. The maximum absolute atomic E-state index is 3.80. The largest absolute Gasteiger partial charge is 0.361 e. The molecular weight excluding hydrogens is 392 g/mol. The minimum Gasteiger partial charge on any atom is -0.361 e. The van der Waals surface area contributed by atoms with E-state index in [0.29, 0.717) is 23.7 Å². The van der Waals surface area contributed by atoms with Gasteiger partial charge < -0.3 is 19.9 Å². The fourth-order valence-electron chi connectivity index (χ4n) is 5.77.